The van der Waals surface area contributed by atoms with Crippen molar-refractivity contribution >= 4 is 44.0 Å². The van der Waals surface area contributed by atoms with Crippen LogP contribution >= 0.6 is 31.9 Å². The summed E-state index contributed by atoms with van der Waals surface area (Å²) in [5.74, 6) is -0.531. The normalized spacial score (nSPS) is 10.8. The van der Waals surface area contributed by atoms with Gasteiger partial charge >= 0.3 is 0 Å². The van der Waals surface area contributed by atoms with E-state index in [9.17, 15) is 15.0 Å². The molecule has 0 unspecified atom stereocenters. The zero-order valence-electron chi connectivity index (χ0n) is 10.5. The Morgan fingerprint density at radius 1 is 1.10 bits per heavy atom. The van der Waals surface area contributed by atoms with Gasteiger partial charge in [-0.3, -0.25) is 4.79 Å². The van der Waals surface area contributed by atoms with Crippen LogP contribution in [0.4, 0.5) is 0 Å². The predicted octanol–water partition coefficient (Wildman–Crippen LogP) is 3.39. The van der Waals surface area contributed by atoms with Crippen molar-refractivity contribution < 1.29 is 15.0 Å². The Hall–Kier alpha value is -1.86. The van der Waals surface area contributed by atoms with Gasteiger partial charge in [-0.15, -0.1) is 0 Å². The number of aromatic hydroxyl groups is 2. The second kappa shape index (κ2) is 6.73. The summed E-state index contributed by atoms with van der Waals surface area (Å²) in [6.45, 7) is 0. The highest BCUT2D eigenvalue weighted by Crippen LogP contribution is 2.23. The maximum absolute atomic E-state index is 11.9. The van der Waals surface area contributed by atoms with Crippen LogP contribution in [0.25, 0.3) is 0 Å². The number of hydrogen-bond donors (Lipinski definition) is 3. The number of phenolic OH excluding ortho intramolecular Hbond substituents is 2. The molecule has 0 atom stereocenters. The van der Waals surface area contributed by atoms with E-state index in [1.54, 1.807) is 18.2 Å². The van der Waals surface area contributed by atoms with Gasteiger partial charge in [0.25, 0.3) is 5.91 Å². The molecule has 0 aliphatic heterocycles. The molecular weight excluding hydrogens is 404 g/mol. The Kier molecular flexibility index (Phi) is 4.98. The molecule has 2 rings (SSSR count). The van der Waals surface area contributed by atoms with Crippen LogP contribution in [0.2, 0.25) is 0 Å². The van der Waals surface area contributed by atoms with E-state index in [0.717, 1.165) is 0 Å². The standard InChI is InChI=1S/C14H10Br2N2O3/c15-9-2-4-12(19)10(6-9)14(21)18-17-7-8-1-3-13(20)11(16)5-8/h1-7,19-20H,(H,18,21)/b17-7+. The van der Waals surface area contributed by atoms with Crippen LogP contribution in [-0.2, 0) is 0 Å². The van der Waals surface area contributed by atoms with E-state index in [-0.39, 0.29) is 17.1 Å². The van der Waals surface area contributed by atoms with Crippen molar-refractivity contribution in [2.45, 2.75) is 0 Å². The second-order valence-electron chi connectivity index (χ2n) is 4.07. The van der Waals surface area contributed by atoms with E-state index in [0.29, 0.717) is 14.5 Å². The zero-order valence-corrected chi connectivity index (χ0v) is 13.7. The number of nitrogens with zero attached hydrogens (tertiary/aromatic N) is 1. The molecule has 3 N–H and O–H groups in total. The van der Waals surface area contributed by atoms with Gasteiger partial charge in [0.1, 0.15) is 11.5 Å². The summed E-state index contributed by atoms with van der Waals surface area (Å²) in [5, 5.41) is 22.8. The first-order chi connectivity index (χ1) is 9.97. The van der Waals surface area contributed by atoms with Gasteiger partial charge in [-0.2, -0.15) is 5.10 Å². The molecule has 2 aromatic rings. The Labute approximate surface area is 137 Å². The van der Waals surface area contributed by atoms with Crippen LogP contribution in [0.3, 0.4) is 0 Å². The minimum Gasteiger partial charge on any atom is -0.507 e. The van der Waals surface area contributed by atoms with Crippen LogP contribution < -0.4 is 5.43 Å². The van der Waals surface area contributed by atoms with Crippen molar-refractivity contribution in [3.8, 4) is 11.5 Å². The van der Waals surface area contributed by atoms with Crippen molar-refractivity contribution in [3.63, 3.8) is 0 Å². The minimum atomic E-state index is -0.525. The molecule has 0 heterocycles. The molecule has 2 aromatic carbocycles. The number of phenols is 2. The number of hydrazone groups is 1. The highest BCUT2D eigenvalue weighted by molar-refractivity contribution is 9.10. The fraction of sp³-hybridized carbons (Fsp3) is 0. The summed E-state index contributed by atoms with van der Waals surface area (Å²) < 4.78 is 1.21. The number of carbonyl (C=O) groups is 1. The van der Waals surface area contributed by atoms with E-state index in [2.05, 4.69) is 42.4 Å². The summed E-state index contributed by atoms with van der Waals surface area (Å²) in [5.41, 5.74) is 3.13. The van der Waals surface area contributed by atoms with Crippen molar-refractivity contribution in [1.29, 1.82) is 0 Å². The summed E-state index contributed by atoms with van der Waals surface area (Å²) >= 11 is 6.41. The van der Waals surface area contributed by atoms with Crippen LogP contribution in [0, 0.1) is 0 Å². The third-order valence-electron chi connectivity index (χ3n) is 2.55. The van der Waals surface area contributed by atoms with Crippen molar-refractivity contribution in [1.82, 2.24) is 5.43 Å². The van der Waals surface area contributed by atoms with Crippen molar-refractivity contribution in [2.75, 3.05) is 0 Å². The van der Waals surface area contributed by atoms with E-state index >= 15 is 0 Å². The Balaban J connectivity index is 2.08. The number of amides is 1. The zero-order chi connectivity index (χ0) is 15.4. The lowest BCUT2D eigenvalue weighted by Crippen LogP contribution is -2.17. The average Bonchev–Trinajstić information content (AvgIpc) is 2.45. The molecule has 0 fully saturated rings. The molecular formula is C14H10Br2N2O3. The lowest BCUT2D eigenvalue weighted by molar-refractivity contribution is 0.0952. The molecule has 0 aromatic heterocycles. The molecule has 0 saturated carbocycles. The molecule has 0 spiro atoms. The second-order valence-corrected chi connectivity index (χ2v) is 5.84. The fourth-order valence-electron chi connectivity index (χ4n) is 1.52. The molecule has 7 heteroatoms. The largest absolute Gasteiger partial charge is 0.507 e. The van der Waals surface area contributed by atoms with Gasteiger partial charge in [0.15, 0.2) is 0 Å². The van der Waals surface area contributed by atoms with E-state index < -0.39 is 5.91 Å². The highest BCUT2D eigenvalue weighted by atomic mass is 79.9. The molecule has 0 saturated heterocycles. The lowest BCUT2D eigenvalue weighted by Gasteiger charge is -2.03. The van der Waals surface area contributed by atoms with Crippen molar-refractivity contribution in [2.24, 2.45) is 5.10 Å². The SMILES string of the molecule is O=C(N/N=C/c1ccc(O)c(Br)c1)c1cc(Br)ccc1O. The van der Waals surface area contributed by atoms with Gasteiger partial charge < -0.3 is 10.2 Å². The molecule has 0 radical (unpaired) electrons. The van der Waals surface area contributed by atoms with Crippen LogP contribution in [-0.4, -0.2) is 22.3 Å². The number of carbonyl (C=O) groups excluding carboxylic acids is 1. The lowest BCUT2D eigenvalue weighted by atomic mass is 10.2. The van der Waals surface area contributed by atoms with E-state index in [4.69, 9.17) is 0 Å². The third kappa shape index (κ3) is 4.05. The quantitative estimate of drug-likeness (QED) is 0.532. The van der Waals surface area contributed by atoms with E-state index in [1.807, 2.05) is 0 Å². The smallest absolute Gasteiger partial charge is 0.275 e. The van der Waals surface area contributed by atoms with Gasteiger partial charge in [0.05, 0.1) is 16.3 Å². The fourth-order valence-corrected chi connectivity index (χ4v) is 2.28. The van der Waals surface area contributed by atoms with Gasteiger partial charge in [-0.1, -0.05) is 15.9 Å². The molecule has 0 aliphatic rings. The van der Waals surface area contributed by atoms with Gasteiger partial charge in [-0.05, 0) is 57.9 Å². The Morgan fingerprint density at radius 2 is 1.81 bits per heavy atom. The number of rotatable bonds is 3. The van der Waals surface area contributed by atoms with Crippen molar-refractivity contribution in [3.05, 3.63) is 56.5 Å². The number of hydrogen-bond acceptors (Lipinski definition) is 4. The topological polar surface area (TPSA) is 81.9 Å². The molecule has 0 bridgehead atoms. The van der Waals surface area contributed by atoms with E-state index in [1.165, 1.54) is 24.4 Å². The molecule has 0 aliphatic carbocycles. The summed E-state index contributed by atoms with van der Waals surface area (Å²) in [6, 6.07) is 9.35. The minimum absolute atomic E-state index is 0.119. The Bertz CT molecular complexity index is 717. The highest BCUT2D eigenvalue weighted by Gasteiger charge is 2.10. The third-order valence-corrected chi connectivity index (χ3v) is 3.68. The summed E-state index contributed by atoms with van der Waals surface area (Å²) in [6.07, 6.45) is 1.43. The summed E-state index contributed by atoms with van der Waals surface area (Å²) in [4.78, 5) is 11.9. The maximum Gasteiger partial charge on any atom is 0.275 e. The molecule has 21 heavy (non-hydrogen) atoms. The number of benzene rings is 2. The molecule has 5 nitrogen and oxygen atoms in total. The van der Waals surface area contributed by atoms with Crippen LogP contribution in [0.15, 0.2) is 50.4 Å². The Morgan fingerprint density at radius 3 is 2.52 bits per heavy atom. The molecule has 108 valence electrons. The number of halogens is 2. The first kappa shape index (κ1) is 15.5. The van der Waals surface area contributed by atoms with Crippen LogP contribution in [0.5, 0.6) is 11.5 Å². The van der Waals surface area contributed by atoms with Gasteiger partial charge in [0.2, 0.25) is 0 Å². The number of nitrogens with one attached hydrogen (secondary N) is 1. The van der Waals surface area contributed by atoms with Gasteiger partial charge in [-0.25, -0.2) is 5.43 Å². The van der Waals surface area contributed by atoms with Gasteiger partial charge in [0, 0.05) is 4.47 Å². The maximum atomic E-state index is 11.9. The predicted molar refractivity (Wildman–Crippen MR) is 86.7 cm³/mol. The van der Waals surface area contributed by atoms with Crippen LogP contribution in [0.1, 0.15) is 15.9 Å². The summed E-state index contributed by atoms with van der Waals surface area (Å²) in [7, 11) is 0. The molecule has 1 amide bonds. The monoisotopic (exact) mass is 412 g/mol. The first-order valence-corrected chi connectivity index (χ1v) is 7.36. The first-order valence-electron chi connectivity index (χ1n) is 5.78. The average molecular weight is 414 g/mol.